The third-order valence-electron chi connectivity index (χ3n) is 2.04. The number of pyridine rings is 1. The van der Waals surface area contributed by atoms with Gasteiger partial charge in [0.15, 0.2) is 0 Å². The van der Waals surface area contributed by atoms with Gasteiger partial charge in [-0.2, -0.15) is 0 Å². The number of hydrogen-bond acceptors (Lipinski definition) is 3. The molecular formula is C11H17N3. The fourth-order valence-corrected chi connectivity index (χ4v) is 1.21. The van der Waals surface area contributed by atoms with E-state index in [9.17, 15) is 0 Å². The minimum atomic E-state index is 0.350. The fourth-order valence-electron chi connectivity index (χ4n) is 1.21. The number of aryl methyl sites for hydroxylation is 1. The molecule has 1 unspecified atom stereocenters. The lowest BCUT2D eigenvalue weighted by molar-refractivity contribution is 0.806. The average molecular weight is 191 g/mol. The maximum atomic E-state index is 5.67. The molecule has 0 amide bonds. The number of nitrogens with two attached hydrogens (primary N) is 1. The molecule has 0 saturated carbocycles. The third kappa shape index (κ3) is 2.76. The standard InChI is InChI=1S/C11H17N3/c1-4-5-8(2)13-11-7-6-10(12)9(3)14-11/h4,6-8H,1,5,12H2,2-3H3,(H,13,14). The van der Waals surface area contributed by atoms with Gasteiger partial charge in [0.1, 0.15) is 5.82 Å². The van der Waals surface area contributed by atoms with Gasteiger partial charge in [0.05, 0.1) is 11.4 Å². The maximum Gasteiger partial charge on any atom is 0.126 e. The van der Waals surface area contributed by atoms with Crippen molar-refractivity contribution in [3.05, 3.63) is 30.5 Å². The van der Waals surface area contributed by atoms with E-state index < -0.39 is 0 Å². The first-order valence-electron chi connectivity index (χ1n) is 4.74. The van der Waals surface area contributed by atoms with Gasteiger partial charge in [0.2, 0.25) is 0 Å². The summed E-state index contributed by atoms with van der Waals surface area (Å²) in [4.78, 5) is 4.32. The van der Waals surface area contributed by atoms with E-state index in [0.717, 1.165) is 23.6 Å². The summed E-state index contributed by atoms with van der Waals surface area (Å²) in [6.45, 7) is 7.69. The topological polar surface area (TPSA) is 50.9 Å². The highest BCUT2D eigenvalue weighted by atomic mass is 15.0. The Kier molecular flexibility index (Phi) is 3.51. The van der Waals surface area contributed by atoms with Crippen LogP contribution in [0.3, 0.4) is 0 Å². The zero-order valence-electron chi connectivity index (χ0n) is 8.75. The van der Waals surface area contributed by atoms with E-state index in [1.807, 2.05) is 25.1 Å². The van der Waals surface area contributed by atoms with Crippen LogP contribution in [0.15, 0.2) is 24.8 Å². The van der Waals surface area contributed by atoms with E-state index in [4.69, 9.17) is 5.73 Å². The van der Waals surface area contributed by atoms with E-state index >= 15 is 0 Å². The molecule has 0 saturated heterocycles. The number of nitrogens with one attached hydrogen (secondary N) is 1. The van der Waals surface area contributed by atoms with Crippen molar-refractivity contribution < 1.29 is 0 Å². The highest BCUT2D eigenvalue weighted by Crippen LogP contribution is 2.13. The van der Waals surface area contributed by atoms with Crippen molar-refractivity contribution in [3.63, 3.8) is 0 Å². The zero-order chi connectivity index (χ0) is 10.6. The fraction of sp³-hybridized carbons (Fsp3) is 0.364. The molecule has 1 atom stereocenters. The molecule has 0 bridgehead atoms. The molecule has 0 spiro atoms. The normalized spacial score (nSPS) is 12.1. The van der Waals surface area contributed by atoms with Crippen LogP contribution in [0, 0.1) is 6.92 Å². The molecule has 0 radical (unpaired) electrons. The largest absolute Gasteiger partial charge is 0.397 e. The molecular weight excluding hydrogens is 174 g/mol. The number of aromatic nitrogens is 1. The van der Waals surface area contributed by atoms with Crippen molar-refractivity contribution in [1.29, 1.82) is 0 Å². The molecule has 3 N–H and O–H groups in total. The van der Waals surface area contributed by atoms with Gasteiger partial charge in [0.25, 0.3) is 0 Å². The second-order valence-electron chi connectivity index (χ2n) is 3.44. The summed E-state index contributed by atoms with van der Waals surface area (Å²) >= 11 is 0. The third-order valence-corrected chi connectivity index (χ3v) is 2.04. The molecule has 3 heteroatoms. The summed E-state index contributed by atoms with van der Waals surface area (Å²) in [5.41, 5.74) is 7.26. The molecule has 1 rings (SSSR count). The highest BCUT2D eigenvalue weighted by molar-refractivity contribution is 5.49. The van der Waals surface area contributed by atoms with Crippen LogP contribution in [0.4, 0.5) is 11.5 Å². The number of hydrogen-bond donors (Lipinski definition) is 2. The molecule has 3 nitrogen and oxygen atoms in total. The van der Waals surface area contributed by atoms with Crippen LogP contribution in [0.1, 0.15) is 19.0 Å². The number of nitrogens with zero attached hydrogens (tertiary/aromatic N) is 1. The predicted octanol–water partition coefficient (Wildman–Crippen LogP) is 2.35. The molecule has 0 aliphatic rings. The van der Waals surface area contributed by atoms with Crippen LogP contribution in [0.25, 0.3) is 0 Å². The van der Waals surface area contributed by atoms with Gasteiger partial charge >= 0.3 is 0 Å². The highest BCUT2D eigenvalue weighted by Gasteiger charge is 2.01. The van der Waals surface area contributed by atoms with Crippen LogP contribution in [-0.2, 0) is 0 Å². The number of nitrogen functional groups attached to an aromatic ring is 1. The van der Waals surface area contributed by atoms with E-state index in [-0.39, 0.29) is 0 Å². The Morgan fingerprint density at radius 3 is 2.93 bits per heavy atom. The Hall–Kier alpha value is -1.51. The van der Waals surface area contributed by atoms with Gasteiger partial charge < -0.3 is 11.1 Å². The van der Waals surface area contributed by atoms with Crippen molar-refractivity contribution in [2.24, 2.45) is 0 Å². The van der Waals surface area contributed by atoms with Gasteiger partial charge in [-0.05, 0) is 32.4 Å². The average Bonchev–Trinajstić information content (AvgIpc) is 2.12. The van der Waals surface area contributed by atoms with Crippen molar-refractivity contribution in [3.8, 4) is 0 Å². The molecule has 1 aromatic rings. The first-order valence-corrected chi connectivity index (χ1v) is 4.74. The first kappa shape index (κ1) is 10.6. The van der Waals surface area contributed by atoms with Gasteiger partial charge in [0, 0.05) is 6.04 Å². The first-order chi connectivity index (χ1) is 6.63. The summed E-state index contributed by atoms with van der Waals surface area (Å²) in [7, 11) is 0. The minimum absolute atomic E-state index is 0.350. The number of rotatable bonds is 4. The summed E-state index contributed by atoms with van der Waals surface area (Å²) in [6, 6.07) is 4.11. The summed E-state index contributed by atoms with van der Waals surface area (Å²) < 4.78 is 0. The Morgan fingerprint density at radius 2 is 2.36 bits per heavy atom. The lowest BCUT2D eigenvalue weighted by Gasteiger charge is -2.13. The second-order valence-corrected chi connectivity index (χ2v) is 3.44. The summed E-state index contributed by atoms with van der Waals surface area (Å²) in [5, 5.41) is 3.27. The maximum absolute atomic E-state index is 5.67. The van der Waals surface area contributed by atoms with Crippen LogP contribution in [-0.4, -0.2) is 11.0 Å². The Labute approximate surface area is 85.0 Å². The van der Waals surface area contributed by atoms with Gasteiger partial charge in [-0.15, -0.1) is 6.58 Å². The van der Waals surface area contributed by atoms with Crippen LogP contribution >= 0.6 is 0 Å². The summed E-state index contributed by atoms with van der Waals surface area (Å²) in [5.74, 6) is 0.867. The monoisotopic (exact) mass is 191 g/mol. The van der Waals surface area contributed by atoms with E-state index in [2.05, 4.69) is 23.8 Å². The molecule has 76 valence electrons. The molecule has 0 aliphatic carbocycles. The smallest absolute Gasteiger partial charge is 0.126 e. The molecule has 1 aromatic heterocycles. The van der Waals surface area contributed by atoms with Crippen molar-refractivity contribution in [2.45, 2.75) is 26.3 Å². The molecule has 0 aliphatic heterocycles. The zero-order valence-corrected chi connectivity index (χ0v) is 8.75. The van der Waals surface area contributed by atoms with Crippen molar-refractivity contribution >= 4 is 11.5 Å². The molecule has 0 fully saturated rings. The van der Waals surface area contributed by atoms with Crippen LogP contribution < -0.4 is 11.1 Å². The predicted molar refractivity (Wildman–Crippen MR) is 61.3 cm³/mol. The summed E-state index contributed by atoms with van der Waals surface area (Å²) in [6.07, 6.45) is 2.81. The second kappa shape index (κ2) is 4.65. The Morgan fingerprint density at radius 1 is 1.64 bits per heavy atom. The Balaban J connectivity index is 2.67. The van der Waals surface area contributed by atoms with E-state index in [1.54, 1.807) is 0 Å². The molecule has 0 aromatic carbocycles. The SMILES string of the molecule is C=CCC(C)Nc1ccc(N)c(C)n1. The minimum Gasteiger partial charge on any atom is -0.397 e. The number of anilines is 2. The Bertz CT molecular complexity index is 320. The van der Waals surface area contributed by atoms with E-state index in [0.29, 0.717) is 6.04 Å². The molecule has 1 heterocycles. The molecule has 14 heavy (non-hydrogen) atoms. The quantitative estimate of drug-likeness (QED) is 0.718. The van der Waals surface area contributed by atoms with Gasteiger partial charge in [-0.1, -0.05) is 6.08 Å². The lowest BCUT2D eigenvalue weighted by atomic mass is 10.2. The van der Waals surface area contributed by atoms with Crippen molar-refractivity contribution in [2.75, 3.05) is 11.1 Å². The van der Waals surface area contributed by atoms with Crippen LogP contribution in [0.2, 0.25) is 0 Å². The van der Waals surface area contributed by atoms with Gasteiger partial charge in [-0.3, -0.25) is 0 Å². The van der Waals surface area contributed by atoms with Crippen molar-refractivity contribution in [1.82, 2.24) is 4.98 Å². The van der Waals surface area contributed by atoms with E-state index in [1.165, 1.54) is 0 Å². The lowest BCUT2D eigenvalue weighted by Crippen LogP contribution is -2.15. The van der Waals surface area contributed by atoms with Crippen LogP contribution in [0.5, 0.6) is 0 Å². The van der Waals surface area contributed by atoms with Gasteiger partial charge in [-0.25, -0.2) is 4.98 Å².